The van der Waals surface area contributed by atoms with Crippen LogP contribution < -0.4 is 10.5 Å². The van der Waals surface area contributed by atoms with E-state index in [0.717, 1.165) is 0 Å². The number of nitro groups is 1. The summed E-state index contributed by atoms with van der Waals surface area (Å²) in [5.41, 5.74) is 6.52. The average molecular weight is 297 g/mol. The number of nitrogens with zero attached hydrogens (tertiary/aromatic N) is 3. The molecule has 0 spiro atoms. The van der Waals surface area contributed by atoms with Gasteiger partial charge in [-0.2, -0.15) is 5.10 Å². The van der Waals surface area contributed by atoms with Gasteiger partial charge in [-0.1, -0.05) is 17.7 Å². The van der Waals surface area contributed by atoms with E-state index in [2.05, 4.69) is 5.10 Å². The lowest BCUT2D eigenvalue weighted by Crippen LogP contribution is -2.08. The van der Waals surface area contributed by atoms with E-state index in [0.29, 0.717) is 16.3 Å². The Kier molecular flexibility index (Phi) is 3.80. The number of nitrogens with two attached hydrogens (primary N) is 1. The van der Waals surface area contributed by atoms with E-state index < -0.39 is 4.92 Å². The molecule has 7 nitrogen and oxygen atoms in total. The SMILES string of the molecule is COc1cccc(Cl)c1Cn1nc(C)c([N+](=O)[O-])c1N. The molecule has 0 amide bonds. The first-order valence-corrected chi connectivity index (χ1v) is 6.12. The van der Waals surface area contributed by atoms with Crippen molar-refractivity contribution in [1.29, 1.82) is 0 Å². The maximum atomic E-state index is 10.9. The number of ether oxygens (including phenoxy) is 1. The van der Waals surface area contributed by atoms with Crippen molar-refractivity contribution in [2.45, 2.75) is 13.5 Å². The van der Waals surface area contributed by atoms with Gasteiger partial charge in [0.15, 0.2) is 0 Å². The minimum Gasteiger partial charge on any atom is -0.496 e. The first-order valence-electron chi connectivity index (χ1n) is 5.74. The van der Waals surface area contributed by atoms with Crippen LogP contribution in [0.1, 0.15) is 11.3 Å². The Morgan fingerprint density at radius 2 is 2.25 bits per heavy atom. The number of anilines is 1. The number of nitrogen functional groups attached to an aromatic ring is 1. The van der Waals surface area contributed by atoms with Crippen molar-refractivity contribution >= 4 is 23.1 Å². The second-order valence-electron chi connectivity index (χ2n) is 4.15. The first kappa shape index (κ1) is 14.1. The predicted molar refractivity (Wildman–Crippen MR) is 75.1 cm³/mol. The summed E-state index contributed by atoms with van der Waals surface area (Å²) < 4.78 is 6.57. The molecular weight excluding hydrogens is 284 g/mol. The zero-order valence-corrected chi connectivity index (χ0v) is 11.7. The average Bonchev–Trinajstić information content (AvgIpc) is 2.66. The van der Waals surface area contributed by atoms with Crippen molar-refractivity contribution in [3.8, 4) is 5.75 Å². The fraction of sp³-hybridized carbons (Fsp3) is 0.250. The molecule has 2 aromatic rings. The van der Waals surface area contributed by atoms with E-state index in [1.807, 2.05) is 0 Å². The Hall–Kier alpha value is -2.28. The van der Waals surface area contributed by atoms with Crippen molar-refractivity contribution in [2.24, 2.45) is 0 Å². The summed E-state index contributed by atoms with van der Waals surface area (Å²) in [6.07, 6.45) is 0. The number of aryl methyl sites for hydroxylation is 1. The smallest absolute Gasteiger partial charge is 0.333 e. The molecule has 106 valence electrons. The number of halogens is 1. The Morgan fingerprint density at radius 1 is 1.55 bits per heavy atom. The van der Waals surface area contributed by atoms with Crippen LogP contribution in [-0.4, -0.2) is 21.8 Å². The molecule has 8 heteroatoms. The van der Waals surface area contributed by atoms with Crippen LogP contribution in [0, 0.1) is 17.0 Å². The summed E-state index contributed by atoms with van der Waals surface area (Å²) in [5, 5.41) is 15.5. The Bertz CT molecular complexity index is 669. The molecular formula is C12H13ClN4O3. The first-order chi connectivity index (χ1) is 9.45. The largest absolute Gasteiger partial charge is 0.496 e. The Morgan fingerprint density at radius 3 is 2.80 bits per heavy atom. The van der Waals surface area contributed by atoms with Gasteiger partial charge in [0.25, 0.3) is 0 Å². The van der Waals surface area contributed by atoms with E-state index in [9.17, 15) is 10.1 Å². The zero-order valence-electron chi connectivity index (χ0n) is 11.0. The molecule has 1 aromatic carbocycles. The van der Waals surface area contributed by atoms with Gasteiger partial charge in [0.1, 0.15) is 11.4 Å². The van der Waals surface area contributed by atoms with Crippen LogP contribution in [0.15, 0.2) is 18.2 Å². The topological polar surface area (TPSA) is 96.2 Å². The fourth-order valence-electron chi connectivity index (χ4n) is 1.97. The summed E-state index contributed by atoms with van der Waals surface area (Å²) >= 11 is 6.12. The number of hydrogen-bond acceptors (Lipinski definition) is 5. The lowest BCUT2D eigenvalue weighted by Gasteiger charge is -2.10. The number of rotatable bonds is 4. The molecule has 2 rings (SSSR count). The van der Waals surface area contributed by atoms with Gasteiger partial charge in [0.05, 0.1) is 18.6 Å². The molecule has 20 heavy (non-hydrogen) atoms. The van der Waals surface area contributed by atoms with Crippen molar-refractivity contribution in [1.82, 2.24) is 9.78 Å². The molecule has 2 N–H and O–H groups in total. The van der Waals surface area contributed by atoms with E-state index in [-0.39, 0.29) is 23.7 Å². The highest BCUT2D eigenvalue weighted by Gasteiger charge is 2.23. The molecule has 0 bridgehead atoms. The highest BCUT2D eigenvalue weighted by atomic mass is 35.5. The van der Waals surface area contributed by atoms with Gasteiger partial charge in [-0.3, -0.25) is 10.1 Å². The zero-order chi connectivity index (χ0) is 14.9. The van der Waals surface area contributed by atoms with Gasteiger partial charge in [0.2, 0.25) is 5.82 Å². The van der Waals surface area contributed by atoms with Crippen molar-refractivity contribution in [2.75, 3.05) is 12.8 Å². The number of methoxy groups -OCH3 is 1. The van der Waals surface area contributed by atoms with Crippen molar-refractivity contribution in [3.05, 3.63) is 44.6 Å². The lowest BCUT2D eigenvalue weighted by atomic mass is 10.2. The summed E-state index contributed by atoms with van der Waals surface area (Å²) in [5.74, 6) is 0.571. The Balaban J connectivity index is 2.46. The van der Waals surface area contributed by atoms with E-state index in [1.165, 1.54) is 18.7 Å². The molecule has 0 saturated carbocycles. The number of aromatic nitrogens is 2. The van der Waals surface area contributed by atoms with Gasteiger partial charge in [0, 0.05) is 10.6 Å². The quantitative estimate of drug-likeness (QED) is 0.690. The van der Waals surface area contributed by atoms with E-state index >= 15 is 0 Å². The van der Waals surface area contributed by atoms with Crippen LogP contribution in [0.3, 0.4) is 0 Å². The minimum absolute atomic E-state index is 0.00512. The van der Waals surface area contributed by atoms with Gasteiger partial charge >= 0.3 is 5.69 Å². The molecule has 0 aliphatic rings. The third-order valence-electron chi connectivity index (χ3n) is 2.92. The monoisotopic (exact) mass is 296 g/mol. The second kappa shape index (κ2) is 5.38. The van der Waals surface area contributed by atoms with Gasteiger partial charge in [-0.15, -0.1) is 0 Å². The van der Waals surface area contributed by atoms with Crippen LogP contribution in [0.2, 0.25) is 5.02 Å². The van der Waals surface area contributed by atoms with Crippen LogP contribution in [0.4, 0.5) is 11.5 Å². The summed E-state index contributed by atoms with van der Waals surface area (Å²) in [6.45, 7) is 1.73. The van der Waals surface area contributed by atoms with Crippen molar-refractivity contribution in [3.63, 3.8) is 0 Å². The van der Waals surface area contributed by atoms with Crippen LogP contribution in [-0.2, 0) is 6.54 Å². The predicted octanol–water partition coefficient (Wildman–Crippen LogP) is 2.39. The Labute approximate surface area is 120 Å². The van der Waals surface area contributed by atoms with E-state index in [4.69, 9.17) is 22.1 Å². The highest BCUT2D eigenvalue weighted by molar-refractivity contribution is 6.31. The summed E-state index contributed by atoms with van der Waals surface area (Å²) in [7, 11) is 1.52. The molecule has 0 saturated heterocycles. The van der Waals surface area contributed by atoms with Gasteiger partial charge in [-0.05, 0) is 19.1 Å². The molecule has 0 fully saturated rings. The maximum absolute atomic E-state index is 10.9. The fourth-order valence-corrected chi connectivity index (χ4v) is 2.20. The normalized spacial score (nSPS) is 10.6. The lowest BCUT2D eigenvalue weighted by molar-refractivity contribution is -0.384. The minimum atomic E-state index is -0.544. The van der Waals surface area contributed by atoms with Crippen molar-refractivity contribution < 1.29 is 9.66 Å². The third-order valence-corrected chi connectivity index (χ3v) is 3.27. The highest BCUT2D eigenvalue weighted by Crippen LogP contribution is 2.30. The number of hydrogen-bond donors (Lipinski definition) is 1. The van der Waals surface area contributed by atoms with Crippen LogP contribution >= 0.6 is 11.6 Å². The maximum Gasteiger partial charge on any atom is 0.333 e. The standard InChI is InChI=1S/C12H13ClN4O3/c1-7-11(17(18)19)12(14)16(15-7)6-8-9(13)4-3-5-10(8)20-2/h3-5H,6,14H2,1-2H3. The second-order valence-corrected chi connectivity index (χ2v) is 4.56. The molecule has 0 radical (unpaired) electrons. The number of benzene rings is 1. The van der Waals surface area contributed by atoms with Gasteiger partial charge in [-0.25, -0.2) is 4.68 Å². The summed E-state index contributed by atoms with van der Waals surface area (Å²) in [6, 6.07) is 5.22. The molecule has 0 aliphatic heterocycles. The van der Waals surface area contributed by atoms with E-state index in [1.54, 1.807) is 18.2 Å². The van der Waals surface area contributed by atoms with Crippen LogP contribution in [0.25, 0.3) is 0 Å². The van der Waals surface area contributed by atoms with Crippen LogP contribution in [0.5, 0.6) is 5.75 Å². The summed E-state index contributed by atoms with van der Waals surface area (Å²) in [4.78, 5) is 10.4. The molecule has 0 atom stereocenters. The molecule has 0 aliphatic carbocycles. The molecule has 0 unspecified atom stereocenters. The molecule has 1 aromatic heterocycles. The van der Waals surface area contributed by atoms with Gasteiger partial charge < -0.3 is 10.5 Å². The third kappa shape index (κ3) is 2.39. The molecule has 1 heterocycles.